The second-order valence-corrected chi connectivity index (χ2v) is 5.94. The summed E-state index contributed by atoms with van der Waals surface area (Å²) >= 11 is 3.16. The van der Waals surface area contributed by atoms with E-state index in [1.54, 1.807) is 0 Å². The van der Waals surface area contributed by atoms with Crippen LogP contribution in [0.5, 0.6) is 0 Å². The summed E-state index contributed by atoms with van der Waals surface area (Å²) in [4.78, 5) is 3.80. The summed E-state index contributed by atoms with van der Waals surface area (Å²) < 4.78 is 26.7. The average molecular weight is 308 g/mol. The van der Waals surface area contributed by atoms with Crippen molar-refractivity contribution in [1.29, 1.82) is 0 Å². The number of sulfonamides is 1. The van der Waals surface area contributed by atoms with E-state index in [9.17, 15) is 8.42 Å². The van der Waals surface area contributed by atoms with Crippen molar-refractivity contribution in [1.82, 2.24) is 9.71 Å². The second-order valence-electron chi connectivity index (χ2n) is 3.29. The molecule has 0 atom stereocenters. The number of pyridine rings is 1. The Balaban J connectivity index is 2.93. The highest BCUT2D eigenvalue weighted by Gasteiger charge is 2.17. The number of nitrogens with zero attached hydrogens (tertiary/aromatic N) is 1. The molecule has 1 rings (SSSR count). The van der Waals surface area contributed by atoms with Gasteiger partial charge in [-0.2, -0.15) is 0 Å². The normalized spacial score (nSPS) is 11.6. The van der Waals surface area contributed by atoms with Gasteiger partial charge in [0.1, 0.15) is 10.7 Å². The lowest BCUT2D eigenvalue weighted by Crippen LogP contribution is -2.25. The van der Waals surface area contributed by atoms with Crippen molar-refractivity contribution in [3.63, 3.8) is 0 Å². The molecule has 7 heteroatoms. The van der Waals surface area contributed by atoms with E-state index in [1.165, 1.54) is 12.3 Å². The first-order valence-corrected chi connectivity index (χ1v) is 7.15. The smallest absolute Gasteiger partial charge is 0.244 e. The topological polar surface area (TPSA) is 85.1 Å². The lowest BCUT2D eigenvalue weighted by molar-refractivity contribution is 0.578. The van der Waals surface area contributed by atoms with E-state index in [0.29, 0.717) is 11.0 Å². The predicted molar refractivity (Wildman–Crippen MR) is 66.4 cm³/mol. The number of hydrogen-bond donors (Lipinski definition) is 2. The standard InChI is InChI=1S/C9H14BrN3O2S/c1-2-3-4-13-16(14,15)8-5-7(10)6-12-9(8)11/h5-6,13H,2-4H2,1H3,(H2,11,12). The molecule has 0 aliphatic rings. The van der Waals surface area contributed by atoms with Gasteiger partial charge in [-0.1, -0.05) is 13.3 Å². The van der Waals surface area contributed by atoms with Crippen LogP contribution in [-0.4, -0.2) is 19.9 Å². The van der Waals surface area contributed by atoms with Gasteiger partial charge in [-0.15, -0.1) is 0 Å². The van der Waals surface area contributed by atoms with Gasteiger partial charge in [0.2, 0.25) is 10.0 Å². The number of rotatable bonds is 5. The summed E-state index contributed by atoms with van der Waals surface area (Å²) in [6.07, 6.45) is 3.18. The van der Waals surface area contributed by atoms with Crippen LogP contribution in [-0.2, 0) is 10.0 Å². The largest absolute Gasteiger partial charge is 0.383 e. The highest BCUT2D eigenvalue weighted by atomic mass is 79.9. The molecule has 1 aromatic rings. The second kappa shape index (κ2) is 5.60. The van der Waals surface area contributed by atoms with Crippen molar-refractivity contribution in [2.75, 3.05) is 12.3 Å². The number of aromatic nitrogens is 1. The highest BCUT2D eigenvalue weighted by Crippen LogP contribution is 2.20. The summed E-state index contributed by atoms with van der Waals surface area (Å²) in [7, 11) is -3.55. The molecule has 90 valence electrons. The van der Waals surface area contributed by atoms with E-state index in [0.717, 1.165) is 12.8 Å². The molecule has 16 heavy (non-hydrogen) atoms. The molecule has 0 fully saturated rings. The van der Waals surface area contributed by atoms with E-state index in [2.05, 4.69) is 25.6 Å². The van der Waals surface area contributed by atoms with Crippen molar-refractivity contribution < 1.29 is 8.42 Å². The molecule has 0 unspecified atom stereocenters. The molecule has 1 aromatic heterocycles. The minimum Gasteiger partial charge on any atom is -0.383 e. The number of anilines is 1. The number of hydrogen-bond acceptors (Lipinski definition) is 4. The number of nitrogens with two attached hydrogens (primary N) is 1. The maximum Gasteiger partial charge on any atom is 0.244 e. The quantitative estimate of drug-likeness (QED) is 0.807. The first-order chi connectivity index (χ1) is 7.47. The fourth-order valence-electron chi connectivity index (χ4n) is 1.11. The van der Waals surface area contributed by atoms with Crippen molar-refractivity contribution in [2.45, 2.75) is 24.7 Å². The molecule has 0 radical (unpaired) electrons. The van der Waals surface area contributed by atoms with Gasteiger partial charge in [-0.25, -0.2) is 18.1 Å². The van der Waals surface area contributed by atoms with Gasteiger partial charge in [-0.05, 0) is 28.4 Å². The predicted octanol–water partition coefficient (Wildman–Crippen LogP) is 1.50. The Labute approximate surface area is 104 Å². The Hall–Kier alpha value is -0.660. The Morgan fingerprint density at radius 3 is 2.88 bits per heavy atom. The fourth-order valence-corrected chi connectivity index (χ4v) is 2.77. The van der Waals surface area contributed by atoms with Crippen molar-refractivity contribution in [3.05, 3.63) is 16.7 Å². The van der Waals surface area contributed by atoms with Crippen molar-refractivity contribution in [2.24, 2.45) is 0 Å². The summed E-state index contributed by atoms with van der Waals surface area (Å²) in [6, 6.07) is 1.44. The Morgan fingerprint density at radius 2 is 2.25 bits per heavy atom. The zero-order chi connectivity index (χ0) is 12.2. The van der Waals surface area contributed by atoms with Crippen LogP contribution >= 0.6 is 15.9 Å². The average Bonchev–Trinajstić information content (AvgIpc) is 2.22. The van der Waals surface area contributed by atoms with E-state index in [4.69, 9.17) is 5.73 Å². The summed E-state index contributed by atoms with van der Waals surface area (Å²) in [5.74, 6) is 0.00667. The monoisotopic (exact) mass is 307 g/mol. The maximum atomic E-state index is 11.8. The minimum atomic E-state index is -3.55. The number of nitrogens with one attached hydrogen (secondary N) is 1. The van der Waals surface area contributed by atoms with Crippen LogP contribution in [0.25, 0.3) is 0 Å². The van der Waals surface area contributed by atoms with Crippen molar-refractivity contribution in [3.8, 4) is 0 Å². The Morgan fingerprint density at radius 1 is 1.56 bits per heavy atom. The lowest BCUT2D eigenvalue weighted by Gasteiger charge is -2.08. The Bertz CT molecular complexity index is 462. The molecule has 0 saturated carbocycles. The molecule has 0 spiro atoms. The molecule has 5 nitrogen and oxygen atoms in total. The van der Waals surface area contributed by atoms with Gasteiger partial charge in [0.05, 0.1) is 0 Å². The first-order valence-electron chi connectivity index (χ1n) is 4.88. The third-order valence-corrected chi connectivity index (χ3v) is 3.88. The molecule has 0 aromatic carbocycles. The van der Waals surface area contributed by atoms with Crippen LogP contribution in [0.1, 0.15) is 19.8 Å². The van der Waals surface area contributed by atoms with Crippen LogP contribution in [0.4, 0.5) is 5.82 Å². The molecule has 1 heterocycles. The molecule has 0 aliphatic carbocycles. The molecular weight excluding hydrogens is 294 g/mol. The molecule has 0 bridgehead atoms. The van der Waals surface area contributed by atoms with E-state index < -0.39 is 10.0 Å². The number of nitrogen functional groups attached to an aromatic ring is 1. The van der Waals surface area contributed by atoms with Crippen LogP contribution in [0.3, 0.4) is 0 Å². The first kappa shape index (κ1) is 13.4. The summed E-state index contributed by atoms with van der Waals surface area (Å²) in [5.41, 5.74) is 5.53. The summed E-state index contributed by atoms with van der Waals surface area (Å²) in [6.45, 7) is 2.40. The number of halogens is 1. The zero-order valence-corrected chi connectivity index (χ0v) is 11.3. The van der Waals surface area contributed by atoms with Crippen molar-refractivity contribution >= 4 is 31.8 Å². The van der Waals surface area contributed by atoms with Gasteiger partial charge in [-0.3, -0.25) is 0 Å². The SMILES string of the molecule is CCCCNS(=O)(=O)c1cc(Br)cnc1N. The molecule has 0 aliphatic heterocycles. The van der Waals surface area contributed by atoms with E-state index in [1.807, 2.05) is 6.92 Å². The molecule has 0 saturated heterocycles. The fraction of sp³-hybridized carbons (Fsp3) is 0.444. The van der Waals surface area contributed by atoms with Gasteiger partial charge >= 0.3 is 0 Å². The highest BCUT2D eigenvalue weighted by molar-refractivity contribution is 9.10. The van der Waals surface area contributed by atoms with Crippen LogP contribution < -0.4 is 10.5 Å². The third-order valence-electron chi connectivity index (χ3n) is 1.96. The summed E-state index contributed by atoms with van der Waals surface area (Å²) in [5, 5.41) is 0. The maximum absolute atomic E-state index is 11.8. The zero-order valence-electron chi connectivity index (χ0n) is 8.90. The molecule has 3 N–H and O–H groups in total. The molecule has 0 amide bonds. The minimum absolute atomic E-state index is 0.00667. The number of unbranched alkanes of at least 4 members (excludes halogenated alkanes) is 1. The molecular formula is C9H14BrN3O2S. The van der Waals surface area contributed by atoms with E-state index >= 15 is 0 Å². The van der Waals surface area contributed by atoms with Crippen LogP contribution in [0.2, 0.25) is 0 Å². The van der Waals surface area contributed by atoms with Crippen LogP contribution in [0, 0.1) is 0 Å². The van der Waals surface area contributed by atoms with Gasteiger partial charge in [0.15, 0.2) is 0 Å². The Kier molecular flexibility index (Phi) is 4.69. The van der Waals surface area contributed by atoms with Gasteiger partial charge in [0.25, 0.3) is 0 Å². The van der Waals surface area contributed by atoms with Gasteiger partial charge < -0.3 is 5.73 Å². The van der Waals surface area contributed by atoms with Crippen LogP contribution in [0.15, 0.2) is 21.6 Å². The van der Waals surface area contributed by atoms with E-state index in [-0.39, 0.29) is 10.7 Å². The third kappa shape index (κ3) is 3.43. The van der Waals surface area contributed by atoms with Gasteiger partial charge in [0, 0.05) is 17.2 Å². The lowest BCUT2D eigenvalue weighted by atomic mass is 10.3.